The number of benzene rings is 1. The van der Waals surface area contributed by atoms with E-state index in [9.17, 15) is 18.0 Å². The van der Waals surface area contributed by atoms with E-state index in [4.69, 9.17) is 5.11 Å². The van der Waals surface area contributed by atoms with Crippen LogP contribution in [0, 0.1) is 0 Å². The van der Waals surface area contributed by atoms with Gasteiger partial charge in [0.05, 0.1) is 17.4 Å². The van der Waals surface area contributed by atoms with Gasteiger partial charge in [-0.25, -0.2) is 0 Å². The maximum Gasteiger partial charge on any atom is 0.416 e. The summed E-state index contributed by atoms with van der Waals surface area (Å²) in [5.41, 5.74) is -0.725. The lowest BCUT2D eigenvalue weighted by Crippen LogP contribution is -2.27. The molecule has 2 N–H and O–H groups in total. The molecule has 7 heteroatoms. The molecule has 1 aromatic rings. The average molecular weight is 307 g/mol. The molecule has 1 rings (SSSR count). The summed E-state index contributed by atoms with van der Waals surface area (Å²) in [6.45, 7) is 1.96. The summed E-state index contributed by atoms with van der Waals surface area (Å²) >= 11 is 1.04. The highest BCUT2D eigenvalue weighted by molar-refractivity contribution is 8.00. The first-order chi connectivity index (χ1) is 9.29. The standard InChI is InChI=1S/C13H16F3NO2S/c1-9(18)5-6-17-12(19)8-20-11-4-2-3-10(7-11)13(14,15)16/h2-4,7,9,18H,5-6,8H2,1H3,(H,17,19). The number of aliphatic hydroxyl groups excluding tert-OH is 1. The molecule has 1 unspecified atom stereocenters. The highest BCUT2D eigenvalue weighted by atomic mass is 32.2. The molecule has 1 amide bonds. The molecule has 0 aliphatic heterocycles. The summed E-state index contributed by atoms with van der Waals surface area (Å²) in [6, 6.07) is 4.86. The Morgan fingerprint density at radius 1 is 1.45 bits per heavy atom. The Morgan fingerprint density at radius 3 is 2.75 bits per heavy atom. The number of halogens is 3. The number of nitrogens with one attached hydrogen (secondary N) is 1. The molecule has 0 bridgehead atoms. The molecule has 0 aliphatic carbocycles. The van der Waals surface area contributed by atoms with Crippen molar-refractivity contribution in [3.05, 3.63) is 29.8 Å². The molecule has 0 heterocycles. The third-order valence-corrected chi connectivity index (χ3v) is 3.41. The first kappa shape index (κ1) is 16.8. The largest absolute Gasteiger partial charge is 0.416 e. The molecule has 0 aliphatic rings. The Bertz CT molecular complexity index is 449. The van der Waals surface area contributed by atoms with Crippen LogP contribution in [0.3, 0.4) is 0 Å². The van der Waals surface area contributed by atoms with Crippen LogP contribution in [0.4, 0.5) is 13.2 Å². The average Bonchev–Trinajstić information content (AvgIpc) is 2.35. The summed E-state index contributed by atoms with van der Waals surface area (Å²) in [7, 11) is 0. The number of rotatable bonds is 6. The van der Waals surface area contributed by atoms with E-state index in [1.54, 1.807) is 6.92 Å². The second kappa shape index (κ2) is 7.54. The van der Waals surface area contributed by atoms with Crippen molar-refractivity contribution < 1.29 is 23.1 Å². The van der Waals surface area contributed by atoms with Crippen LogP contribution in [-0.2, 0) is 11.0 Å². The van der Waals surface area contributed by atoms with Gasteiger partial charge in [-0.05, 0) is 31.5 Å². The van der Waals surface area contributed by atoms with Crippen LogP contribution in [0.15, 0.2) is 29.2 Å². The second-order valence-electron chi connectivity index (χ2n) is 4.30. The zero-order valence-electron chi connectivity index (χ0n) is 10.9. The van der Waals surface area contributed by atoms with Gasteiger partial charge in [0.1, 0.15) is 0 Å². The highest BCUT2D eigenvalue weighted by Crippen LogP contribution is 2.31. The third kappa shape index (κ3) is 6.29. The number of amides is 1. The first-order valence-corrected chi connectivity index (χ1v) is 7.02. The Hall–Kier alpha value is -1.21. The number of carbonyl (C=O) groups excluding carboxylic acids is 1. The normalized spacial score (nSPS) is 13.1. The fourth-order valence-electron chi connectivity index (χ4n) is 1.38. The van der Waals surface area contributed by atoms with E-state index in [1.807, 2.05) is 0 Å². The van der Waals surface area contributed by atoms with E-state index in [1.165, 1.54) is 12.1 Å². The van der Waals surface area contributed by atoms with Gasteiger partial charge in [0.2, 0.25) is 5.91 Å². The fraction of sp³-hybridized carbons (Fsp3) is 0.462. The van der Waals surface area contributed by atoms with Gasteiger partial charge in [0.25, 0.3) is 0 Å². The first-order valence-electron chi connectivity index (χ1n) is 6.04. The molecule has 0 saturated carbocycles. The molecule has 0 fully saturated rings. The monoisotopic (exact) mass is 307 g/mol. The number of thioether (sulfide) groups is 1. The van der Waals surface area contributed by atoms with E-state index < -0.39 is 17.8 Å². The summed E-state index contributed by atoms with van der Waals surface area (Å²) in [4.78, 5) is 11.8. The molecule has 3 nitrogen and oxygen atoms in total. The number of carbonyl (C=O) groups is 1. The quantitative estimate of drug-likeness (QED) is 0.795. The van der Waals surface area contributed by atoms with Gasteiger partial charge in [0.15, 0.2) is 0 Å². The lowest BCUT2D eigenvalue weighted by atomic mass is 10.2. The Labute approximate surface area is 119 Å². The summed E-state index contributed by atoms with van der Waals surface area (Å²) < 4.78 is 37.5. The van der Waals surface area contributed by atoms with E-state index >= 15 is 0 Å². The summed E-state index contributed by atoms with van der Waals surface area (Å²) in [6.07, 6.45) is -4.43. The minimum atomic E-state index is -4.38. The molecule has 1 aromatic carbocycles. The van der Waals surface area contributed by atoms with E-state index in [2.05, 4.69) is 5.32 Å². The van der Waals surface area contributed by atoms with Gasteiger partial charge in [0, 0.05) is 11.4 Å². The fourth-order valence-corrected chi connectivity index (χ4v) is 2.17. The van der Waals surface area contributed by atoms with Crippen molar-refractivity contribution in [1.82, 2.24) is 5.32 Å². The van der Waals surface area contributed by atoms with Crippen LogP contribution >= 0.6 is 11.8 Å². The van der Waals surface area contributed by atoms with Crippen molar-refractivity contribution in [3.63, 3.8) is 0 Å². The Kier molecular flexibility index (Phi) is 6.35. The van der Waals surface area contributed by atoms with Crippen molar-refractivity contribution in [2.75, 3.05) is 12.3 Å². The minimum Gasteiger partial charge on any atom is -0.393 e. The van der Waals surface area contributed by atoms with Gasteiger partial charge in [-0.1, -0.05) is 6.07 Å². The van der Waals surface area contributed by atoms with E-state index in [0.717, 1.165) is 23.9 Å². The Balaban J connectivity index is 2.44. The van der Waals surface area contributed by atoms with Crippen molar-refractivity contribution in [2.24, 2.45) is 0 Å². The third-order valence-electron chi connectivity index (χ3n) is 2.42. The summed E-state index contributed by atoms with van der Waals surface area (Å²) in [5.74, 6) is -0.228. The van der Waals surface area contributed by atoms with Crippen LogP contribution in [0.25, 0.3) is 0 Å². The molecule has 20 heavy (non-hydrogen) atoms. The number of hydrogen-bond donors (Lipinski definition) is 2. The molecule has 112 valence electrons. The van der Waals surface area contributed by atoms with Gasteiger partial charge >= 0.3 is 6.18 Å². The smallest absolute Gasteiger partial charge is 0.393 e. The molecule has 0 radical (unpaired) electrons. The molecular weight excluding hydrogens is 291 g/mol. The molecule has 0 spiro atoms. The van der Waals surface area contributed by atoms with Crippen LogP contribution in [0.2, 0.25) is 0 Å². The van der Waals surface area contributed by atoms with Crippen molar-refractivity contribution in [2.45, 2.75) is 30.5 Å². The number of aliphatic hydroxyl groups is 1. The number of hydrogen-bond acceptors (Lipinski definition) is 3. The minimum absolute atomic E-state index is 0.0428. The van der Waals surface area contributed by atoms with Gasteiger partial charge < -0.3 is 10.4 Å². The highest BCUT2D eigenvalue weighted by Gasteiger charge is 2.30. The van der Waals surface area contributed by atoms with Crippen LogP contribution in [-0.4, -0.2) is 29.4 Å². The second-order valence-corrected chi connectivity index (χ2v) is 5.35. The van der Waals surface area contributed by atoms with E-state index in [0.29, 0.717) is 17.9 Å². The van der Waals surface area contributed by atoms with Crippen molar-refractivity contribution in [3.8, 4) is 0 Å². The topological polar surface area (TPSA) is 49.3 Å². The van der Waals surface area contributed by atoms with Crippen LogP contribution < -0.4 is 5.32 Å². The predicted molar refractivity (Wildman–Crippen MR) is 71.5 cm³/mol. The molecule has 1 atom stereocenters. The van der Waals surface area contributed by atoms with Crippen LogP contribution in [0.5, 0.6) is 0 Å². The Morgan fingerprint density at radius 2 is 2.15 bits per heavy atom. The summed E-state index contributed by atoms with van der Waals surface area (Å²) in [5, 5.41) is 11.6. The molecule has 0 aromatic heterocycles. The van der Waals surface area contributed by atoms with Gasteiger partial charge in [-0.15, -0.1) is 11.8 Å². The lowest BCUT2D eigenvalue weighted by molar-refractivity contribution is -0.137. The zero-order chi connectivity index (χ0) is 15.2. The van der Waals surface area contributed by atoms with E-state index in [-0.39, 0.29) is 11.7 Å². The van der Waals surface area contributed by atoms with Gasteiger partial charge in [-0.2, -0.15) is 13.2 Å². The number of alkyl halides is 3. The molecular formula is C13H16F3NO2S. The van der Waals surface area contributed by atoms with Crippen molar-refractivity contribution in [1.29, 1.82) is 0 Å². The predicted octanol–water partition coefficient (Wildman–Crippen LogP) is 2.68. The maximum atomic E-state index is 12.5. The van der Waals surface area contributed by atoms with Gasteiger partial charge in [-0.3, -0.25) is 4.79 Å². The lowest BCUT2D eigenvalue weighted by Gasteiger charge is -2.09. The van der Waals surface area contributed by atoms with Crippen molar-refractivity contribution >= 4 is 17.7 Å². The maximum absolute atomic E-state index is 12.5. The SMILES string of the molecule is CC(O)CCNC(=O)CSc1cccc(C(F)(F)F)c1. The zero-order valence-corrected chi connectivity index (χ0v) is 11.7. The molecule has 0 saturated heterocycles. The van der Waals surface area contributed by atoms with Crippen LogP contribution in [0.1, 0.15) is 18.9 Å².